The minimum absolute atomic E-state index is 0.664. The Labute approximate surface area is 119 Å². The van der Waals surface area contributed by atoms with E-state index >= 15 is 0 Å². The van der Waals surface area contributed by atoms with Gasteiger partial charge in [0, 0.05) is 15.7 Å². The Morgan fingerprint density at radius 3 is 2.83 bits per heavy atom. The van der Waals surface area contributed by atoms with Gasteiger partial charge in [-0.3, -0.25) is 4.98 Å². The largest absolute Gasteiger partial charge is 0.382 e. The summed E-state index contributed by atoms with van der Waals surface area (Å²) in [4.78, 5) is 4.35. The van der Waals surface area contributed by atoms with Crippen LogP contribution in [0.25, 0.3) is 0 Å². The molecule has 1 aliphatic carbocycles. The lowest BCUT2D eigenvalue weighted by Gasteiger charge is -2.13. The van der Waals surface area contributed by atoms with Gasteiger partial charge in [-0.05, 0) is 63.7 Å². The van der Waals surface area contributed by atoms with Crippen molar-refractivity contribution < 1.29 is 5.11 Å². The van der Waals surface area contributed by atoms with Gasteiger partial charge in [0.05, 0.1) is 5.69 Å². The predicted molar refractivity (Wildman–Crippen MR) is 74.9 cm³/mol. The van der Waals surface area contributed by atoms with Crippen LogP contribution in [0, 0.1) is 0 Å². The molecule has 0 saturated heterocycles. The lowest BCUT2D eigenvalue weighted by Crippen LogP contribution is -2.05. The van der Waals surface area contributed by atoms with Crippen molar-refractivity contribution in [2.24, 2.45) is 0 Å². The maximum atomic E-state index is 10.5. The Hall–Kier alpha value is -0.900. The number of aliphatic hydroxyl groups excluding tert-OH is 1. The van der Waals surface area contributed by atoms with Gasteiger partial charge in [-0.2, -0.15) is 0 Å². The lowest BCUT2D eigenvalue weighted by molar-refractivity contribution is 0.214. The van der Waals surface area contributed by atoms with Crippen LogP contribution in [0.3, 0.4) is 0 Å². The van der Waals surface area contributed by atoms with Gasteiger partial charge in [-0.25, -0.2) is 0 Å². The van der Waals surface area contributed by atoms with E-state index < -0.39 is 6.10 Å². The number of aromatic nitrogens is 1. The third kappa shape index (κ3) is 2.07. The maximum absolute atomic E-state index is 10.5. The number of fused-ring (bicyclic) bond motifs is 2. The quantitative estimate of drug-likeness (QED) is 0.802. The molecule has 3 rings (SSSR count). The minimum atomic E-state index is -0.664. The van der Waals surface area contributed by atoms with Gasteiger partial charge in [0.15, 0.2) is 0 Å². The van der Waals surface area contributed by atoms with Gasteiger partial charge in [0.2, 0.25) is 0 Å². The number of benzene rings is 1. The van der Waals surface area contributed by atoms with Crippen molar-refractivity contribution >= 4 is 27.5 Å². The highest BCUT2D eigenvalue weighted by atomic mass is 79.9. The molecule has 0 unspecified atom stereocenters. The molecule has 4 heteroatoms. The van der Waals surface area contributed by atoms with Gasteiger partial charge in [-0.1, -0.05) is 17.7 Å². The number of nitrogens with zero attached hydrogens (tertiary/aromatic N) is 1. The molecular weight excluding hydrogens is 314 g/mol. The molecule has 2 nitrogen and oxygen atoms in total. The maximum Gasteiger partial charge on any atom is 0.121 e. The summed E-state index contributed by atoms with van der Waals surface area (Å²) in [7, 11) is 0. The molecule has 1 atom stereocenters. The van der Waals surface area contributed by atoms with E-state index in [1.807, 2.05) is 24.3 Å². The summed E-state index contributed by atoms with van der Waals surface area (Å²) in [5.41, 5.74) is 3.85. The fourth-order valence-electron chi connectivity index (χ4n) is 2.41. The smallest absolute Gasteiger partial charge is 0.121 e. The lowest BCUT2D eigenvalue weighted by atomic mass is 10.0. The minimum Gasteiger partial charge on any atom is -0.382 e. The van der Waals surface area contributed by atoms with Crippen LogP contribution in [0.5, 0.6) is 0 Å². The first-order valence-electron chi connectivity index (χ1n) is 5.76. The van der Waals surface area contributed by atoms with Gasteiger partial charge >= 0.3 is 0 Å². The Morgan fingerprint density at radius 1 is 1.22 bits per heavy atom. The fraction of sp³-hybridized carbons (Fsp3) is 0.214. The zero-order valence-corrected chi connectivity index (χ0v) is 11.9. The monoisotopic (exact) mass is 323 g/mol. The highest BCUT2D eigenvalue weighted by Crippen LogP contribution is 2.33. The second kappa shape index (κ2) is 4.65. The van der Waals surface area contributed by atoms with Crippen LogP contribution < -0.4 is 0 Å². The third-order valence-corrected chi connectivity index (χ3v) is 3.96. The standard InChI is InChI=1S/C14H11BrClNO/c15-10-5-9-2-1-8-6-11(16)3-4-12(8)14(18)13(9)17-7-10/h3-7,14,18H,1-2H2/t14-/m0/s1. The number of aliphatic hydroxyl groups is 1. The van der Waals surface area contributed by atoms with Crippen LogP contribution in [0.4, 0.5) is 0 Å². The summed E-state index contributed by atoms with van der Waals surface area (Å²) < 4.78 is 0.942. The first-order valence-corrected chi connectivity index (χ1v) is 6.93. The van der Waals surface area contributed by atoms with Gasteiger partial charge in [0.1, 0.15) is 6.10 Å². The van der Waals surface area contributed by atoms with E-state index in [4.69, 9.17) is 11.6 Å². The number of halogens is 2. The first kappa shape index (κ1) is 12.2. The van der Waals surface area contributed by atoms with Crippen molar-refractivity contribution in [1.82, 2.24) is 4.98 Å². The van der Waals surface area contributed by atoms with Crippen LogP contribution >= 0.6 is 27.5 Å². The molecule has 1 N–H and O–H groups in total. The second-order valence-electron chi connectivity index (χ2n) is 4.44. The van der Waals surface area contributed by atoms with E-state index in [0.717, 1.165) is 39.7 Å². The molecule has 0 aliphatic heterocycles. The molecule has 1 aliphatic rings. The summed E-state index contributed by atoms with van der Waals surface area (Å²) in [6, 6.07) is 7.66. The first-order chi connectivity index (χ1) is 8.65. The van der Waals surface area contributed by atoms with Gasteiger partial charge in [-0.15, -0.1) is 0 Å². The number of hydrogen-bond donors (Lipinski definition) is 1. The molecule has 0 saturated carbocycles. The molecule has 1 aromatic carbocycles. The van der Waals surface area contributed by atoms with E-state index in [1.54, 1.807) is 6.20 Å². The van der Waals surface area contributed by atoms with Crippen molar-refractivity contribution in [2.75, 3.05) is 0 Å². The topological polar surface area (TPSA) is 33.1 Å². The van der Waals surface area contributed by atoms with Crippen molar-refractivity contribution in [3.63, 3.8) is 0 Å². The summed E-state index contributed by atoms with van der Waals surface area (Å²) >= 11 is 9.43. The van der Waals surface area contributed by atoms with Crippen LogP contribution in [-0.2, 0) is 12.8 Å². The Balaban J connectivity index is 2.15. The zero-order chi connectivity index (χ0) is 12.7. The highest BCUT2D eigenvalue weighted by molar-refractivity contribution is 9.10. The average molecular weight is 325 g/mol. The molecule has 2 aromatic rings. The van der Waals surface area contributed by atoms with Crippen LogP contribution in [-0.4, -0.2) is 10.1 Å². The molecule has 18 heavy (non-hydrogen) atoms. The average Bonchev–Trinajstić information content (AvgIpc) is 2.47. The number of aryl methyl sites for hydroxylation is 2. The van der Waals surface area contributed by atoms with Gasteiger partial charge in [0.25, 0.3) is 0 Å². The third-order valence-electron chi connectivity index (χ3n) is 3.29. The van der Waals surface area contributed by atoms with Crippen molar-refractivity contribution in [2.45, 2.75) is 18.9 Å². The molecule has 1 aromatic heterocycles. The fourth-order valence-corrected chi connectivity index (χ4v) is 2.99. The van der Waals surface area contributed by atoms with Crippen molar-refractivity contribution in [1.29, 1.82) is 0 Å². The van der Waals surface area contributed by atoms with Crippen LogP contribution in [0.2, 0.25) is 5.02 Å². The summed E-state index contributed by atoms with van der Waals surface area (Å²) in [5, 5.41) is 11.2. The van der Waals surface area contributed by atoms with E-state index in [1.165, 1.54) is 0 Å². The van der Waals surface area contributed by atoms with E-state index in [-0.39, 0.29) is 0 Å². The Bertz CT molecular complexity index is 561. The number of rotatable bonds is 0. The summed E-state index contributed by atoms with van der Waals surface area (Å²) in [5.74, 6) is 0. The van der Waals surface area contributed by atoms with E-state index in [2.05, 4.69) is 20.9 Å². The Morgan fingerprint density at radius 2 is 2.00 bits per heavy atom. The molecule has 0 bridgehead atoms. The summed E-state index contributed by atoms with van der Waals surface area (Å²) in [6.07, 6.45) is 2.80. The van der Waals surface area contributed by atoms with Crippen molar-refractivity contribution in [3.05, 3.63) is 62.3 Å². The van der Waals surface area contributed by atoms with Crippen LogP contribution in [0.1, 0.15) is 28.5 Å². The normalized spacial score (nSPS) is 17.8. The molecule has 0 spiro atoms. The van der Waals surface area contributed by atoms with E-state index in [0.29, 0.717) is 5.02 Å². The highest BCUT2D eigenvalue weighted by Gasteiger charge is 2.23. The van der Waals surface area contributed by atoms with E-state index in [9.17, 15) is 5.11 Å². The molecule has 1 heterocycles. The molecule has 92 valence electrons. The van der Waals surface area contributed by atoms with Crippen LogP contribution in [0.15, 0.2) is 34.9 Å². The van der Waals surface area contributed by atoms with Crippen molar-refractivity contribution in [3.8, 4) is 0 Å². The SMILES string of the molecule is O[C@H]1c2ccc(Cl)cc2CCc2cc(Br)cnc21. The Kier molecular flexibility index (Phi) is 3.14. The number of hydrogen-bond acceptors (Lipinski definition) is 2. The zero-order valence-electron chi connectivity index (χ0n) is 9.53. The molecule has 0 radical (unpaired) electrons. The molecule has 0 fully saturated rings. The van der Waals surface area contributed by atoms with Gasteiger partial charge < -0.3 is 5.11 Å². The second-order valence-corrected chi connectivity index (χ2v) is 5.80. The molecular formula is C14H11BrClNO. The number of pyridine rings is 1. The summed E-state index contributed by atoms with van der Waals surface area (Å²) in [6.45, 7) is 0. The molecule has 0 amide bonds. The predicted octanol–water partition coefficient (Wildman–Crippen LogP) is 3.68.